The van der Waals surface area contributed by atoms with Crippen molar-refractivity contribution >= 4 is 0 Å². The van der Waals surface area contributed by atoms with Crippen molar-refractivity contribution in [3.8, 4) is 0 Å². The van der Waals surface area contributed by atoms with Gasteiger partial charge in [-0.15, -0.1) is 0 Å². The zero-order valence-corrected chi connectivity index (χ0v) is 11.6. The molecule has 0 aliphatic carbocycles. The van der Waals surface area contributed by atoms with Crippen molar-refractivity contribution in [2.24, 2.45) is 0 Å². The van der Waals surface area contributed by atoms with E-state index >= 15 is 0 Å². The molecule has 2 heteroatoms. The zero-order chi connectivity index (χ0) is 13.4. The quantitative estimate of drug-likeness (QED) is 0.742. The number of rotatable bonds is 7. The molecule has 1 atom stereocenters. The molecule has 0 radical (unpaired) electrons. The van der Waals surface area contributed by atoms with Gasteiger partial charge in [0.1, 0.15) is 0 Å². The van der Waals surface area contributed by atoms with E-state index in [1.54, 1.807) is 6.26 Å². The Balaban J connectivity index is 3.02. The summed E-state index contributed by atoms with van der Waals surface area (Å²) in [7, 11) is 0. The molecule has 0 saturated carbocycles. The van der Waals surface area contributed by atoms with E-state index in [9.17, 15) is 5.11 Å². The van der Waals surface area contributed by atoms with Gasteiger partial charge in [-0.3, -0.25) is 0 Å². The molecule has 0 aliphatic heterocycles. The molecule has 18 heavy (non-hydrogen) atoms. The lowest BCUT2D eigenvalue weighted by molar-refractivity contribution is 0.0171. The first-order chi connectivity index (χ1) is 8.68. The zero-order valence-electron chi connectivity index (χ0n) is 11.6. The average molecular weight is 248 g/mol. The van der Waals surface area contributed by atoms with Crippen LogP contribution >= 0.6 is 0 Å². The Hall–Kier alpha value is -1.28. The van der Waals surface area contributed by atoms with E-state index in [2.05, 4.69) is 12.1 Å². The lowest BCUT2D eigenvalue weighted by Gasteiger charge is -2.33. The Bertz CT molecular complexity index is 353. The number of hydrogen-bond donors (Lipinski definition) is 1. The Morgan fingerprint density at radius 1 is 1.17 bits per heavy atom. The van der Waals surface area contributed by atoms with Gasteiger partial charge in [0.25, 0.3) is 0 Å². The number of ether oxygens (including phenoxy) is 1. The van der Waals surface area contributed by atoms with Crippen LogP contribution in [-0.4, -0.2) is 17.3 Å². The number of aliphatic hydroxyl groups is 1. The van der Waals surface area contributed by atoms with Crippen LogP contribution in [0, 0.1) is 0 Å². The maximum Gasteiger partial charge on any atom is 0.0845 e. The summed E-state index contributed by atoms with van der Waals surface area (Å²) in [5.74, 6) is -0.0275. The molecule has 0 aromatic heterocycles. The summed E-state index contributed by atoms with van der Waals surface area (Å²) in [4.78, 5) is 0. The van der Waals surface area contributed by atoms with Crippen LogP contribution in [0.4, 0.5) is 0 Å². The molecule has 0 heterocycles. The maximum atomic E-state index is 10.7. The van der Waals surface area contributed by atoms with Crippen LogP contribution in [0.2, 0.25) is 0 Å². The molecule has 1 rings (SSSR count). The van der Waals surface area contributed by atoms with Gasteiger partial charge in [0.15, 0.2) is 0 Å². The monoisotopic (exact) mass is 248 g/mol. The third-order valence-electron chi connectivity index (χ3n) is 3.50. The normalized spacial score (nSPS) is 13.8. The lowest BCUT2D eigenvalue weighted by atomic mass is 9.78. The fraction of sp³-hybridized carbons (Fsp3) is 0.500. The topological polar surface area (TPSA) is 29.5 Å². The SMILES string of the molecule is CCO/C=C/C(c1ccccc1)C(O)(CC)CC. The van der Waals surface area contributed by atoms with Gasteiger partial charge >= 0.3 is 0 Å². The molecule has 0 amide bonds. The smallest absolute Gasteiger partial charge is 0.0845 e. The Morgan fingerprint density at radius 2 is 1.78 bits per heavy atom. The van der Waals surface area contributed by atoms with Gasteiger partial charge in [0, 0.05) is 5.92 Å². The summed E-state index contributed by atoms with van der Waals surface area (Å²) in [6, 6.07) is 10.1. The second-order valence-corrected chi connectivity index (χ2v) is 4.48. The first kappa shape index (κ1) is 14.8. The van der Waals surface area contributed by atoms with Crippen LogP contribution in [0.1, 0.15) is 45.1 Å². The fourth-order valence-corrected chi connectivity index (χ4v) is 2.18. The minimum absolute atomic E-state index is 0.0275. The molecule has 0 spiro atoms. The third-order valence-corrected chi connectivity index (χ3v) is 3.50. The second-order valence-electron chi connectivity index (χ2n) is 4.48. The van der Waals surface area contributed by atoms with Gasteiger partial charge in [-0.25, -0.2) is 0 Å². The van der Waals surface area contributed by atoms with Crippen LogP contribution in [0.3, 0.4) is 0 Å². The first-order valence-corrected chi connectivity index (χ1v) is 6.73. The summed E-state index contributed by atoms with van der Waals surface area (Å²) >= 11 is 0. The van der Waals surface area contributed by atoms with Crippen molar-refractivity contribution in [2.75, 3.05) is 6.61 Å². The molecule has 0 bridgehead atoms. The van der Waals surface area contributed by atoms with E-state index in [1.165, 1.54) is 0 Å². The summed E-state index contributed by atoms with van der Waals surface area (Å²) in [5.41, 5.74) is 0.411. The number of benzene rings is 1. The molecule has 1 aromatic rings. The molecule has 2 nitrogen and oxygen atoms in total. The van der Waals surface area contributed by atoms with E-state index in [0.717, 1.165) is 18.4 Å². The van der Waals surface area contributed by atoms with Crippen molar-refractivity contribution in [1.29, 1.82) is 0 Å². The predicted octanol–water partition coefficient (Wildman–Crippen LogP) is 3.87. The Kier molecular flexibility index (Phi) is 5.93. The third kappa shape index (κ3) is 3.61. The molecule has 0 saturated heterocycles. The van der Waals surface area contributed by atoms with E-state index in [0.29, 0.717) is 6.61 Å². The van der Waals surface area contributed by atoms with Crippen LogP contribution in [0.15, 0.2) is 42.7 Å². The van der Waals surface area contributed by atoms with Gasteiger partial charge < -0.3 is 9.84 Å². The fourth-order valence-electron chi connectivity index (χ4n) is 2.18. The van der Waals surface area contributed by atoms with E-state index in [-0.39, 0.29) is 5.92 Å². The van der Waals surface area contributed by atoms with Crippen LogP contribution in [0.5, 0.6) is 0 Å². The van der Waals surface area contributed by atoms with Gasteiger partial charge in [-0.05, 0) is 31.4 Å². The molecule has 1 unspecified atom stereocenters. The molecule has 1 N–H and O–H groups in total. The van der Waals surface area contributed by atoms with Gasteiger partial charge in [-0.2, -0.15) is 0 Å². The van der Waals surface area contributed by atoms with Gasteiger partial charge in [-0.1, -0.05) is 44.2 Å². The maximum absolute atomic E-state index is 10.7. The minimum atomic E-state index is -0.713. The lowest BCUT2D eigenvalue weighted by Crippen LogP contribution is -2.34. The summed E-state index contributed by atoms with van der Waals surface area (Å²) < 4.78 is 5.28. The molecule has 100 valence electrons. The predicted molar refractivity (Wildman–Crippen MR) is 75.5 cm³/mol. The summed E-state index contributed by atoms with van der Waals surface area (Å²) in [6.45, 7) is 6.64. The Labute approximate surface area is 110 Å². The first-order valence-electron chi connectivity index (χ1n) is 6.73. The van der Waals surface area contributed by atoms with Crippen LogP contribution < -0.4 is 0 Å². The molecule has 0 fully saturated rings. The highest BCUT2D eigenvalue weighted by molar-refractivity contribution is 5.27. The van der Waals surface area contributed by atoms with Gasteiger partial charge in [0.2, 0.25) is 0 Å². The van der Waals surface area contributed by atoms with Crippen molar-refractivity contribution in [3.05, 3.63) is 48.2 Å². The highest BCUT2D eigenvalue weighted by atomic mass is 16.5. The van der Waals surface area contributed by atoms with Crippen molar-refractivity contribution in [1.82, 2.24) is 0 Å². The number of hydrogen-bond acceptors (Lipinski definition) is 2. The molecular weight excluding hydrogens is 224 g/mol. The standard InChI is InChI=1S/C16H24O2/c1-4-16(17,5-2)15(12-13-18-6-3)14-10-8-7-9-11-14/h7-13,15,17H,4-6H2,1-3H3/b13-12+. The van der Waals surface area contributed by atoms with E-state index in [1.807, 2.05) is 45.0 Å². The van der Waals surface area contributed by atoms with Crippen molar-refractivity contribution < 1.29 is 9.84 Å². The average Bonchev–Trinajstić information content (AvgIpc) is 2.44. The van der Waals surface area contributed by atoms with Gasteiger partial charge in [0.05, 0.1) is 18.5 Å². The summed E-state index contributed by atoms with van der Waals surface area (Å²) in [6.07, 6.45) is 5.11. The van der Waals surface area contributed by atoms with E-state index in [4.69, 9.17) is 4.74 Å². The van der Waals surface area contributed by atoms with Crippen LogP contribution in [0.25, 0.3) is 0 Å². The summed E-state index contributed by atoms with van der Waals surface area (Å²) in [5, 5.41) is 10.7. The van der Waals surface area contributed by atoms with Crippen molar-refractivity contribution in [2.45, 2.75) is 45.1 Å². The largest absolute Gasteiger partial charge is 0.502 e. The highest BCUT2D eigenvalue weighted by Crippen LogP contribution is 2.34. The highest BCUT2D eigenvalue weighted by Gasteiger charge is 2.32. The minimum Gasteiger partial charge on any atom is -0.502 e. The second kappa shape index (κ2) is 7.22. The van der Waals surface area contributed by atoms with E-state index < -0.39 is 5.60 Å². The van der Waals surface area contributed by atoms with Crippen LogP contribution in [-0.2, 0) is 4.74 Å². The molecular formula is C16H24O2. The Morgan fingerprint density at radius 3 is 2.28 bits per heavy atom. The molecule has 0 aliphatic rings. The molecule has 1 aromatic carbocycles. The van der Waals surface area contributed by atoms with Crippen molar-refractivity contribution in [3.63, 3.8) is 0 Å².